The first kappa shape index (κ1) is 12.9. The number of anilines is 2. The molecule has 0 aliphatic heterocycles. The smallest absolute Gasteiger partial charge is 0.335 e. The normalized spacial score (nSPS) is 9.68. The number of carbonyl (C=O) groups is 1. The lowest BCUT2D eigenvalue weighted by Gasteiger charge is -2.09. The molecule has 2 N–H and O–H groups in total. The van der Waals surface area contributed by atoms with E-state index in [1.54, 1.807) is 30.3 Å². The fourth-order valence-corrected chi connectivity index (χ4v) is 1.81. The number of carboxylic acids is 1. The number of aromatic carboxylic acids is 1. The van der Waals surface area contributed by atoms with Crippen molar-refractivity contribution in [3.63, 3.8) is 0 Å². The first-order valence-electron chi connectivity index (χ1n) is 5.41. The number of halogens is 1. The molecule has 19 heavy (non-hydrogen) atoms. The van der Waals surface area contributed by atoms with Gasteiger partial charge in [-0.15, -0.1) is 0 Å². The van der Waals surface area contributed by atoms with E-state index in [0.717, 1.165) is 0 Å². The second-order valence-corrected chi connectivity index (χ2v) is 4.19. The number of rotatable bonds is 3. The van der Waals surface area contributed by atoms with Crippen LogP contribution in [-0.2, 0) is 0 Å². The number of nitriles is 1. The molecule has 2 rings (SSSR count). The average Bonchev–Trinajstić information content (AvgIpc) is 2.39. The zero-order valence-corrected chi connectivity index (χ0v) is 10.5. The van der Waals surface area contributed by atoms with E-state index in [1.807, 2.05) is 6.07 Å². The third-order valence-electron chi connectivity index (χ3n) is 2.54. The van der Waals surface area contributed by atoms with E-state index < -0.39 is 5.97 Å². The summed E-state index contributed by atoms with van der Waals surface area (Å²) in [7, 11) is 0. The molecule has 0 heterocycles. The predicted molar refractivity (Wildman–Crippen MR) is 72.9 cm³/mol. The van der Waals surface area contributed by atoms with Gasteiger partial charge in [0.05, 0.1) is 21.8 Å². The third kappa shape index (κ3) is 2.84. The molecule has 0 fully saturated rings. The van der Waals surface area contributed by atoms with E-state index >= 15 is 0 Å². The van der Waals surface area contributed by atoms with E-state index in [1.165, 1.54) is 12.1 Å². The molecule has 0 aliphatic carbocycles. The lowest BCUT2D eigenvalue weighted by Crippen LogP contribution is -1.97. The van der Waals surface area contributed by atoms with Gasteiger partial charge in [-0.05, 0) is 36.4 Å². The van der Waals surface area contributed by atoms with Gasteiger partial charge in [-0.3, -0.25) is 0 Å². The summed E-state index contributed by atoms with van der Waals surface area (Å²) in [6.45, 7) is 0. The van der Waals surface area contributed by atoms with Gasteiger partial charge >= 0.3 is 5.97 Å². The van der Waals surface area contributed by atoms with Crippen LogP contribution >= 0.6 is 11.6 Å². The zero-order valence-electron chi connectivity index (χ0n) is 9.72. The minimum Gasteiger partial charge on any atom is -0.478 e. The Hall–Kier alpha value is -2.51. The summed E-state index contributed by atoms with van der Waals surface area (Å²) in [5.74, 6) is -0.980. The molecule has 0 aromatic heterocycles. The Morgan fingerprint density at radius 2 is 1.89 bits per heavy atom. The van der Waals surface area contributed by atoms with Crippen LogP contribution in [0.3, 0.4) is 0 Å². The topological polar surface area (TPSA) is 73.1 Å². The highest BCUT2D eigenvalue weighted by Crippen LogP contribution is 2.26. The molecule has 5 heteroatoms. The standard InChI is InChI=1S/C14H9ClN2O2/c15-12-2-1-3-13(11(12)8-16)17-10-6-4-9(5-7-10)14(18)19/h1-7,17H,(H,18,19). The van der Waals surface area contributed by atoms with Gasteiger partial charge in [0.15, 0.2) is 0 Å². The summed E-state index contributed by atoms with van der Waals surface area (Å²) >= 11 is 5.92. The minimum absolute atomic E-state index is 0.206. The van der Waals surface area contributed by atoms with Crippen molar-refractivity contribution in [3.05, 3.63) is 58.6 Å². The molecule has 0 saturated carbocycles. The van der Waals surface area contributed by atoms with Crippen LogP contribution in [-0.4, -0.2) is 11.1 Å². The maximum atomic E-state index is 10.7. The molecule has 94 valence electrons. The number of hydrogen-bond acceptors (Lipinski definition) is 3. The Labute approximate surface area is 114 Å². The van der Waals surface area contributed by atoms with Crippen molar-refractivity contribution >= 4 is 28.9 Å². The summed E-state index contributed by atoms with van der Waals surface area (Å²) < 4.78 is 0. The SMILES string of the molecule is N#Cc1c(Cl)cccc1Nc1ccc(C(=O)O)cc1. The van der Waals surface area contributed by atoms with Crippen LogP contribution in [0.5, 0.6) is 0 Å². The molecule has 0 atom stereocenters. The largest absolute Gasteiger partial charge is 0.478 e. The Morgan fingerprint density at radius 1 is 1.21 bits per heavy atom. The quantitative estimate of drug-likeness (QED) is 0.894. The van der Waals surface area contributed by atoms with Gasteiger partial charge in [0.1, 0.15) is 6.07 Å². The molecule has 2 aromatic carbocycles. The molecule has 0 aliphatic rings. The predicted octanol–water partition coefficient (Wildman–Crippen LogP) is 3.65. The fourth-order valence-electron chi connectivity index (χ4n) is 1.59. The van der Waals surface area contributed by atoms with Crippen LogP contribution in [0, 0.1) is 11.3 Å². The van der Waals surface area contributed by atoms with Crippen LogP contribution in [0.2, 0.25) is 5.02 Å². The molecule has 0 bridgehead atoms. The second kappa shape index (κ2) is 5.42. The van der Waals surface area contributed by atoms with Crippen molar-refractivity contribution in [2.45, 2.75) is 0 Å². The van der Waals surface area contributed by atoms with Gasteiger partial charge in [-0.25, -0.2) is 4.79 Å². The molecule has 0 spiro atoms. The molecule has 2 aromatic rings. The van der Waals surface area contributed by atoms with Crippen molar-refractivity contribution in [3.8, 4) is 6.07 Å². The van der Waals surface area contributed by atoms with Crippen LogP contribution in [0.15, 0.2) is 42.5 Å². The molecule has 0 amide bonds. The van der Waals surface area contributed by atoms with Gasteiger partial charge in [-0.2, -0.15) is 5.26 Å². The highest BCUT2D eigenvalue weighted by Gasteiger charge is 2.07. The number of nitrogens with zero attached hydrogens (tertiary/aromatic N) is 1. The van der Waals surface area contributed by atoms with E-state index in [9.17, 15) is 4.79 Å². The van der Waals surface area contributed by atoms with E-state index in [-0.39, 0.29) is 5.56 Å². The highest BCUT2D eigenvalue weighted by atomic mass is 35.5. The van der Waals surface area contributed by atoms with Crippen LogP contribution in [0.4, 0.5) is 11.4 Å². The number of hydrogen-bond donors (Lipinski definition) is 2. The van der Waals surface area contributed by atoms with E-state index in [2.05, 4.69) is 5.32 Å². The van der Waals surface area contributed by atoms with Crippen LogP contribution < -0.4 is 5.32 Å². The summed E-state index contributed by atoms with van der Waals surface area (Å²) in [6.07, 6.45) is 0. The fraction of sp³-hybridized carbons (Fsp3) is 0. The molecule has 0 saturated heterocycles. The Kier molecular flexibility index (Phi) is 3.69. The first-order valence-corrected chi connectivity index (χ1v) is 5.78. The summed E-state index contributed by atoms with van der Waals surface area (Å²) in [5, 5.41) is 21.2. The van der Waals surface area contributed by atoms with Gasteiger partial charge in [0.2, 0.25) is 0 Å². The number of nitrogens with one attached hydrogen (secondary N) is 1. The monoisotopic (exact) mass is 272 g/mol. The van der Waals surface area contributed by atoms with Gasteiger partial charge in [-0.1, -0.05) is 17.7 Å². The Bertz CT molecular complexity index is 660. The van der Waals surface area contributed by atoms with Gasteiger partial charge in [0, 0.05) is 5.69 Å². The van der Waals surface area contributed by atoms with Gasteiger partial charge < -0.3 is 10.4 Å². The van der Waals surface area contributed by atoms with Crippen molar-refractivity contribution in [2.75, 3.05) is 5.32 Å². The van der Waals surface area contributed by atoms with E-state index in [0.29, 0.717) is 22.0 Å². The summed E-state index contributed by atoms with van der Waals surface area (Å²) in [6, 6.07) is 13.4. The highest BCUT2D eigenvalue weighted by molar-refractivity contribution is 6.32. The molecule has 4 nitrogen and oxygen atoms in total. The van der Waals surface area contributed by atoms with Gasteiger partial charge in [0.25, 0.3) is 0 Å². The molecule has 0 unspecified atom stereocenters. The lowest BCUT2D eigenvalue weighted by molar-refractivity contribution is 0.0697. The average molecular weight is 273 g/mol. The second-order valence-electron chi connectivity index (χ2n) is 3.78. The lowest BCUT2D eigenvalue weighted by atomic mass is 10.1. The zero-order chi connectivity index (χ0) is 13.8. The Balaban J connectivity index is 2.29. The van der Waals surface area contributed by atoms with Crippen molar-refractivity contribution in [1.29, 1.82) is 5.26 Å². The van der Waals surface area contributed by atoms with Crippen molar-refractivity contribution < 1.29 is 9.90 Å². The molecule has 0 radical (unpaired) electrons. The third-order valence-corrected chi connectivity index (χ3v) is 2.85. The molecular weight excluding hydrogens is 264 g/mol. The van der Waals surface area contributed by atoms with Crippen LogP contribution in [0.25, 0.3) is 0 Å². The number of benzene rings is 2. The number of carboxylic acid groups (broad SMARTS) is 1. The van der Waals surface area contributed by atoms with Crippen molar-refractivity contribution in [1.82, 2.24) is 0 Å². The first-order chi connectivity index (χ1) is 9.11. The summed E-state index contributed by atoms with van der Waals surface area (Å²) in [4.78, 5) is 10.7. The maximum absolute atomic E-state index is 10.7. The van der Waals surface area contributed by atoms with E-state index in [4.69, 9.17) is 22.0 Å². The minimum atomic E-state index is -0.980. The Morgan fingerprint density at radius 3 is 2.47 bits per heavy atom. The van der Waals surface area contributed by atoms with Crippen LogP contribution in [0.1, 0.15) is 15.9 Å². The maximum Gasteiger partial charge on any atom is 0.335 e. The molecular formula is C14H9ClN2O2. The van der Waals surface area contributed by atoms with Crippen molar-refractivity contribution in [2.24, 2.45) is 0 Å². The summed E-state index contributed by atoms with van der Waals surface area (Å²) in [5.41, 5.74) is 1.82.